The van der Waals surface area contributed by atoms with Gasteiger partial charge in [0.05, 0.1) is 20.6 Å². The molecule has 4 nitrogen and oxygen atoms in total. The van der Waals surface area contributed by atoms with E-state index in [4.69, 9.17) is 14.6 Å². The fourth-order valence-corrected chi connectivity index (χ4v) is 3.67. The van der Waals surface area contributed by atoms with Crippen molar-refractivity contribution in [3.63, 3.8) is 0 Å². The molecule has 0 aromatic heterocycles. The summed E-state index contributed by atoms with van der Waals surface area (Å²) in [6.45, 7) is 1.95. The molecule has 104 valence electrons. The number of halogens is 1. The Labute approximate surface area is 120 Å². The van der Waals surface area contributed by atoms with E-state index in [0.29, 0.717) is 11.5 Å². The molecule has 0 amide bonds. The molecule has 0 aliphatic heterocycles. The highest BCUT2D eigenvalue weighted by molar-refractivity contribution is 9.10. The summed E-state index contributed by atoms with van der Waals surface area (Å²) in [7, 11) is 3.19. The van der Waals surface area contributed by atoms with E-state index in [-0.39, 0.29) is 11.8 Å². The van der Waals surface area contributed by atoms with Gasteiger partial charge < -0.3 is 14.6 Å². The lowest BCUT2D eigenvalue weighted by Gasteiger charge is -2.22. The summed E-state index contributed by atoms with van der Waals surface area (Å²) in [6, 6.07) is 1.85. The van der Waals surface area contributed by atoms with Crippen LogP contribution in [0.1, 0.15) is 30.4 Å². The van der Waals surface area contributed by atoms with Gasteiger partial charge >= 0.3 is 5.97 Å². The van der Waals surface area contributed by atoms with Crippen LogP contribution in [0.5, 0.6) is 11.5 Å². The second kappa shape index (κ2) is 5.04. The van der Waals surface area contributed by atoms with Gasteiger partial charge in [0.15, 0.2) is 11.5 Å². The first-order chi connectivity index (χ1) is 8.95. The Balaban J connectivity index is 2.55. The van der Waals surface area contributed by atoms with E-state index < -0.39 is 5.97 Å². The van der Waals surface area contributed by atoms with Crippen LogP contribution in [0.15, 0.2) is 10.5 Å². The molecule has 0 radical (unpaired) electrons. The van der Waals surface area contributed by atoms with Gasteiger partial charge in [-0.15, -0.1) is 0 Å². The van der Waals surface area contributed by atoms with Gasteiger partial charge in [-0.1, -0.05) is 15.9 Å². The van der Waals surface area contributed by atoms with Crippen molar-refractivity contribution in [1.29, 1.82) is 0 Å². The van der Waals surface area contributed by atoms with Crippen LogP contribution in [-0.2, 0) is 10.2 Å². The van der Waals surface area contributed by atoms with Crippen molar-refractivity contribution in [3.8, 4) is 11.5 Å². The SMILES string of the molecule is COc1cc(Br)c(C2(CC(=O)O)CC2)c(C)c1OC. The predicted molar refractivity (Wildman–Crippen MR) is 75.1 cm³/mol. The van der Waals surface area contributed by atoms with Crippen molar-refractivity contribution in [1.82, 2.24) is 0 Å². The maximum absolute atomic E-state index is 11.1. The van der Waals surface area contributed by atoms with E-state index in [1.165, 1.54) is 0 Å². The van der Waals surface area contributed by atoms with Crippen LogP contribution in [0.4, 0.5) is 0 Å². The molecule has 2 rings (SSSR count). The molecule has 1 aromatic carbocycles. The zero-order valence-electron chi connectivity index (χ0n) is 11.2. The number of hydrogen-bond acceptors (Lipinski definition) is 3. The Hall–Kier alpha value is -1.23. The second-order valence-corrected chi connectivity index (χ2v) is 5.80. The molecule has 0 saturated heterocycles. The third-order valence-corrected chi connectivity index (χ3v) is 4.36. The molecule has 0 spiro atoms. The fraction of sp³-hybridized carbons (Fsp3) is 0.500. The van der Waals surface area contributed by atoms with Crippen LogP contribution in [0.3, 0.4) is 0 Å². The molecule has 1 saturated carbocycles. The molecule has 0 unspecified atom stereocenters. The summed E-state index contributed by atoms with van der Waals surface area (Å²) in [6.07, 6.45) is 1.95. The van der Waals surface area contributed by atoms with Gasteiger partial charge in [-0.25, -0.2) is 0 Å². The average molecular weight is 329 g/mol. The predicted octanol–water partition coefficient (Wildman–Crippen LogP) is 3.28. The highest BCUT2D eigenvalue weighted by Crippen LogP contribution is 2.56. The molecule has 1 aliphatic rings. The Morgan fingerprint density at radius 3 is 2.47 bits per heavy atom. The van der Waals surface area contributed by atoms with Gasteiger partial charge in [-0.05, 0) is 37.0 Å². The molecule has 5 heteroatoms. The number of methoxy groups -OCH3 is 2. The smallest absolute Gasteiger partial charge is 0.304 e. The number of aliphatic carboxylic acids is 1. The normalized spacial score (nSPS) is 16.0. The van der Waals surface area contributed by atoms with Crippen molar-refractivity contribution in [2.75, 3.05) is 14.2 Å². The first kappa shape index (κ1) is 14.2. The number of carboxylic acid groups (broad SMARTS) is 1. The van der Waals surface area contributed by atoms with Crippen molar-refractivity contribution in [3.05, 3.63) is 21.7 Å². The Morgan fingerprint density at radius 1 is 1.42 bits per heavy atom. The monoisotopic (exact) mass is 328 g/mol. The fourth-order valence-electron chi connectivity index (χ4n) is 2.74. The van der Waals surface area contributed by atoms with E-state index in [0.717, 1.165) is 28.4 Å². The minimum atomic E-state index is -0.765. The molecule has 0 bridgehead atoms. The minimum absolute atomic E-state index is 0.155. The molecular weight excluding hydrogens is 312 g/mol. The van der Waals surface area contributed by atoms with Gasteiger partial charge in [-0.3, -0.25) is 4.79 Å². The Kier molecular flexibility index (Phi) is 3.76. The topological polar surface area (TPSA) is 55.8 Å². The van der Waals surface area contributed by atoms with Crippen LogP contribution in [0, 0.1) is 6.92 Å². The second-order valence-electron chi connectivity index (χ2n) is 4.94. The highest BCUT2D eigenvalue weighted by atomic mass is 79.9. The van der Waals surface area contributed by atoms with E-state index in [1.54, 1.807) is 14.2 Å². The van der Waals surface area contributed by atoms with Crippen LogP contribution >= 0.6 is 15.9 Å². The van der Waals surface area contributed by atoms with Gasteiger partial charge in [0.1, 0.15) is 0 Å². The summed E-state index contributed by atoms with van der Waals surface area (Å²) in [5, 5.41) is 9.09. The first-order valence-corrected chi connectivity index (χ1v) is 6.88. The van der Waals surface area contributed by atoms with Crippen molar-refractivity contribution in [2.24, 2.45) is 0 Å². The lowest BCUT2D eigenvalue weighted by atomic mass is 9.88. The summed E-state index contributed by atoms with van der Waals surface area (Å²) in [5.41, 5.74) is 1.73. The third kappa shape index (κ3) is 2.43. The van der Waals surface area contributed by atoms with Gasteiger partial charge in [0.2, 0.25) is 0 Å². The number of carbonyl (C=O) groups is 1. The summed E-state index contributed by atoms with van der Waals surface area (Å²) in [5.74, 6) is 0.567. The Morgan fingerprint density at radius 2 is 2.05 bits per heavy atom. The maximum atomic E-state index is 11.1. The molecule has 0 atom stereocenters. The number of ether oxygens (including phenoxy) is 2. The highest BCUT2D eigenvalue weighted by Gasteiger charge is 2.48. The van der Waals surface area contributed by atoms with E-state index in [1.807, 2.05) is 13.0 Å². The molecule has 1 aliphatic carbocycles. The molecule has 1 fully saturated rings. The zero-order valence-corrected chi connectivity index (χ0v) is 12.8. The van der Waals surface area contributed by atoms with Crippen LogP contribution in [0.25, 0.3) is 0 Å². The summed E-state index contributed by atoms with van der Waals surface area (Å²) in [4.78, 5) is 11.1. The first-order valence-electron chi connectivity index (χ1n) is 6.08. The van der Waals surface area contributed by atoms with Crippen molar-refractivity contribution in [2.45, 2.75) is 31.6 Å². The van der Waals surface area contributed by atoms with Gasteiger partial charge in [-0.2, -0.15) is 0 Å². The van der Waals surface area contributed by atoms with Gasteiger partial charge in [0.25, 0.3) is 0 Å². The van der Waals surface area contributed by atoms with E-state index in [2.05, 4.69) is 15.9 Å². The molecule has 0 heterocycles. The quantitative estimate of drug-likeness (QED) is 0.901. The zero-order chi connectivity index (χ0) is 14.2. The van der Waals surface area contributed by atoms with Crippen LogP contribution < -0.4 is 9.47 Å². The average Bonchev–Trinajstić information content (AvgIpc) is 3.07. The standard InChI is InChI=1S/C14H17BrO4/c1-8-12(14(4-5-14)7-11(16)17)9(15)6-10(18-2)13(8)19-3/h6H,4-5,7H2,1-3H3,(H,16,17). The summed E-state index contributed by atoms with van der Waals surface area (Å²) < 4.78 is 11.6. The largest absolute Gasteiger partial charge is 0.493 e. The van der Waals surface area contributed by atoms with Crippen LogP contribution in [0.2, 0.25) is 0 Å². The number of carboxylic acids is 1. The summed E-state index contributed by atoms with van der Waals surface area (Å²) >= 11 is 3.54. The van der Waals surface area contributed by atoms with E-state index >= 15 is 0 Å². The lowest BCUT2D eigenvalue weighted by Crippen LogP contribution is -2.16. The molecule has 19 heavy (non-hydrogen) atoms. The minimum Gasteiger partial charge on any atom is -0.493 e. The van der Waals surface area contributed by atoms with Crippen molar-refractivity contribution < 1.29 is 19.4 Å². The number of hydrogen-bond donors (Lipinski definition) is 1. The molecular formula is C14H17BrO4. The Bertz CT molecular complexity index is 521. The molecule has 1 N–H and O–H groups in total. The maximum Gasteiger partial charge on any atom is 0.304 e. The number of rotatable bonds is 5. The van der Waals surface area contributed by atoms with Crippen LogP contribution in [-0.4, -0.2) is 25.3 Å². The number of benzene rings is 1. The molecule has 1 aromatic rings. The van der Waals surface area contributed by atoms with Crippen molar-refractivity contribution >= 4 is 21.9 Å². The van der Waals surface area contributed by atoms with E-state index in [9.17, 15) is 4.79 Å². The lowest BCUT2D eigenvalue weighted by molar-refractivity contribution is -0.137. The third-order valence-electron chi connectivity index (χ3n) is 3.73. The van der Waals surface area contributed by atoms with Gasteiger partial charge in [0, 0.05) is 9.89 Å².